The van der Waals surface area contributed by atoms with Gasteiger partial charge in [-0.15, -0.1) is 0 Å². The Morgan fingerprint density at radius 2 is 1.58 bits per heavy atom. The molecule has 4 N–H and O–H groups in total. The summed E-state index contributed by atoms with van der Waals surface area (Å²) in [4.78, 5) is 0.158. The average Bonchev–Trinajstić information content (AvgIpc) is 2.58. The van der Waals surface area contributed by atoms with Gasteiger partial charge in [-0.3, -0.25) is 0 Å². The summed E-state index contributed by atoms with van der Waals surface area (Å²) in [5.74, 6) is 0. The first-order chi connectivity index (χ1) is 11.5. The Morgan fingerprint density at radius 1 is 0.875 bits per heavy atom. The molecule has 0 spiro atoms. The fourth-order valence-electron chi connectivity index (χ4n) is 2.84. The standard InChI is InChI=1S/C19H20N2O2S/c20-24(22,23)18-10-8-15(9-11-18)12-13-21-14-17-6-3-5-16-4-1-2-7-19(16)17/h1-11,21H,12-14H2,(H2,20,22,23)/p+1. The summed E-state index contributed by atoms with van der Waals surface area (Å²) in [6, 6.07) is 21.6. The fourth-order valence-corrected chi connectivity index (χ4v) is 3.36. The lowest BCUT2D eigenvalue weighted by Gasteiger charge is -2.06. The first-order valence-corrected chi connectivity index (χ1v) is 9.49. The molecular weight excluding hydrogens is 320 g/mol. The number of hydrogen-bond donors (Lipinski definition) is 2. The number of rotatable bonds is 6. The zero-order valence-electron chi connectivity index (χ0n) is 13.4. The highest BCUT2D eigenvalue weighted by molar-refractivity contribution is 7.89. The maximum Gasteiger partial charge on any atom is 0.238 e. The van der Waals surface area contributed by atoms with Crippen LogP contribution < -0.4 is 10.5 Å². The molecule has 0 heterocycles. The molecule has 0 saturated carbocycles. The van der Waals surface area contributed by atoms with Gasteiger partial charge in [0, 0.05) is 12.0 Å². The Morgan fingerprint density at radius 3 is 2.33 bits per heavy atom. The molecule has 3 rings (SSSR count). The van der Waals surface area contributed by atoms with Crippen molar-refractivity contribution in [2.45, 2.75) is 17.9 Å². The molecule has 3 aromatic carbocycles. The molecule has 0 amide bonds. The number of benzene rings is 3. The Kier molecular flexibility index (Phi) is 4.94. The van der Waals surface area contributed by atoms with E-state index in [1.807, 2.05) is 12.1 Å². The van der Waals surface area contributed by atoms with Gasteiger partial charge in [-0.05, 0) is 28.5 Å². The van der Waals surface area contributed by atoms with Gasteiger partial charge in [-0.1, -0.05) is 54.6 Å². The molecule has 0 saturated heterocycles. The summed E-state index contributed by atoms with van der Waals surface area (Å²) in [5, 5.41) is 9.94. The van der Waals surface area contributed by atoms with Crippen LogP contribution in [0.4, 0.5) is 0 Å². The second-order valence-corrected chi connectivity index (χ2v) is 7.42. The topological polar surface area (TPSA) is 76.8 Å². The van der Waals surface area contributed by atoms with Crippen molar-refractivity contribution >= 4 is 20.8 Å². The molecule has 0 aliphatic rings. The van der Waals surface area contributed by atoms with Crippen LogP contribution in [0, 0.1) is 0 Å². The van der Waals surface area contributed by atoms with Gasteiger partial charge in [0.15, 0.2) is 0 Å². The summed E-state index contributed by atoms with van der Waals surface area (Å²) in [6.07, 6.45) is 0.885. The molecule has 0 aliphatic heterocycles. The number of quaternary nitrogens is 1. The summed E-state index contributed by atoms with van der Waals surface area (Å²) in [5.41, 5.74) is 2.44. The van der Waals surface area contributed by atoms with E-state index in [2.05, 4.69) is 47.8 Å². The largest absolute Gasteiger partial charge is 0.342 e. The van der Waals surface area contributed by atoms with Crippen LogP contribution >= 0.6 is 0 Å². The molecule has 3 aromatic rings. The van der Waals surface area contributed by atoms with E-state index in [9.17, 15) is 8.42 Å². The highest BCUT2D eigenvalue weighted by Crippen LogP contribution is 2.17. The second-order valence-electron chi connectivity index (χ2n) is 5.86. The van der Waals surface area contributed by atoms with Crippen LogP contribution in [0.15, 0.2) is 71.6 Å². The van der Waals surface area contributed by atoms with Crippen molar-refractivity contribution in [1.29, 1.82) is 0 Å². The van der Waals surface area contributed by atoms with E-state index >= 15 is 0 Å². The van der Waals surface area contributed by atoms with Gasteiger partial charge >= 0.3 is 0 Å². The van der Waals surface area contributed by atoms with Gasteiger partial charge < -0.3 is 5.32 Å². The normalized spacial score (nSPS) is 11.7. The zero-order valence-corrected chi connectivity index (χ0v) is 14.2. The third kappa shape index (κ3) is 4.00. The van der Waals surface area contributed by atoms with E-state index in [0.29, 0.717) is 0 Å². The van der Waals surface area contributed by atoms with Gasteiger partial charge in [-0.2, -0.15) is 0 Å². The molecule has 4 nitrogen and oxygen atoms in total. The third-order valence-electron chi connectivity index (χ3n) is 4.13. The van der Waals surface area contributed by atoms with E-state index in [1.54, 1.807) is 12.1 Å². The van der Waals surface area contributed by atoms with Gasteiger partial charge in [0.25, 0.3) is 0 Å². The maximum absolute atomic E-state index is 11.2. The molecule has 124 valence electrons. The monoisotopic (exact) mass is 341 g/mol. The molecular formula is C19H21N2O2S+. The number of primary sulfonamides is 1. The first kappa shape index (κ1) is 16.6. The number of fused-ring (bicyclic) bond motifs is 1. The third-order valence-corrected chi connectivity index (χ3v) is 5.06. The highest BCUT2D eigenvalue weighted by Gasteiger charge is 2.07. The van der Waals surface area contributed by atoms with Gasteiger partial charge in [0.1, 0.15) is 6.54 Å². The molecule has 0 bridgehead atoms. The molecule has 0 atom stereocenters. The quantitative estimate of drug-likeness (QED) is 0.671. The molecule has 5 heteroatoms. The van der Waals surface area contributed by atoms with E-state index in [4.69, 9.17) is 5.14 Å². The van der Waals surface area contributed by atoms with Crippen LogP contribution in [0.3, 0.4) is 0 Å². The van der Waals surface area contributed by atoms with Crippen molar-refractivity contribution in [3.63, 3.8) is 0 Å². The summed E-state index contributed by atoms with van der Waals surface area (Å²) < 4.78 is 22.5. The Bertz CT molecular complexity index is 930. The van der Waals surface area contributed by atoms with Crippen molar-refractivity contribution in [3.05, 3.63) is 77.9 Å². The first-order valence-electron chi connectivity index (χ1n) is 7.94. The average molecular weight is 341 g/mol. The fraction of sp³-hybridized carbons (Fsp3) is 0.158. The number of sulfonamides is 1. The van der Waals surface area contributed by atoms with Crippen molar-refractivity contribution in [2.75, 3.05) is 6.54 Å². The molecule has 24 heavy (non-hydrogen) atoms. The smallest absolute Gasteiger partial charge is 0.238 e. The zero-order chi connectivity index (χ0) is 17.0. The van der Waals surface area contributed by atoms with Crippen molar-refractivity contribution in [3.8, 4) is 0 Å². The minimum atomic E-state index is -3.61. The second kappa shape index (κ2) is 7.13. The summed E-state index contributed by atoms with van der Waals surface area (Å²) in [7, 11) is -3.61. The van der Waals surface area contributed by atoms with Gasteiger partial charge in [0.05, 0.1) is 11.4 Å². The van der Waals surface area contributed by atoms with E-state index < -0.39 is 10.0 Å². The predicted octanol–water partition coefficient (Wildman–Crippen LogP) is 1.79. The molecule has 0 aliphatic carbocycles. The van der Waals surface area contributed by atoms with Crippen LogP contribution in [0.5, 0.6) is 0 Å². The summed E-state index contributed by atoms with van der Waals surface area (Å²) in [6.45, 7) is 1.87. The van der Waals surface area contributed by atoms with E-state index in [1.165, 1.54) is 16.3 Å². The Labute approximate surface area is 142 Å². The Hall–Kier alpha value is -2.21. The van der Waals surface area contributed by atoms with Gasteiger partial charge in [-0.25, -0.2) is 13.6 Å². The molecule has 0 fully saturated rings. The maximum atomic E-state index is 11.2. The lowest BCUT2D eigenvalue weighted by atomic mass is 10.0. The highest BCUT2D eigenvalue weighted by atomic mass is 32.2. The predicted molar refractivity (Wildman–Crippen MR) is 96.0 cm³/mol. The number of nitrogens with two attached hydrogens (primary N) is 2. The van der Waals surface area contributed by atoms with E-state index in [-0.39, 0.29) is 4.90 Å². The summed E-state index contributed by atoms with van der Waals surface area (Å²) >= 11 is 0. The minimum absolute atomic E-state index is 0.158. The van der Waals surface area contributed by atoms with Crippen LogP contribution in [-0.2, 0) is 23.0 Å². The minimum Gasteiger partial charge on any atom is -0.342 e. The number of hydrogen-bond acceptors (Lipinski definition) is 2. The SMILES string of the molecule is NS(=O)(=O)c1ccc(CC[NH2+]Cc2cccc3ccccc23)cc1. The van der Waals surface area contributed by atoms with Crippen LogP contribution in [0.1, 0.15) is 11.1 Å². The van der Waals surface area contributed by atoms with Gasteiger partial charge in [0.2, 0.25) is 10.0 Å². The molecule has 0 aromatic heterocycles. The lowest BCUT2D eigenvalue weighted by molar-refractivity contribution is -0.669. The van der Waals surface area contributed by atoms with Crippen LogP contribution in [0.2, 0.25) is 0 Å². The lowest BCUT2D eigenvalue weighted by Crippen LogP contribution is -2.83. The van der Waals surface area contributed by atoms with Crippen molar-refractivity contribution < 1.29 is 13.7 Å². The van der Waals surface area contributed by atoms with Crippen LogP contribution in [0.25, 0.3) is 10.8 Å². The van der Waals surface area contributed by atoms with E-state index in [0.717, 1.165) is 25.1 Å². The van der Waals surface area contributed by atoms with Crippen molar-refractivity contribution in [1.82, 2.24) is 0 Å². The molecule has 0 unspecified atom stereocenters. The Balaban J connectivity index is 1.57. The van der Waals surface area contributed by atoms with Crippen molar-refractivity contribution in [2.24, 2.45) is 5.14 Å². The van der Waals surface area contributed by atoms with Crippen LogP contribution in [-0.4, -0.2) is 15.0 Å². The molecule has 0 radical (unpaired) electrons.